The minimum Gasteiger partial charge on any atom is -0.379 e. The number of ketones is 1. The van der Waals surface area contributed by atoms with Crippen LogP contribution in [0.5, 0.6) is 0 Å². The third kappa shape index (κ3) is 3.17. The molecule has 1 aliphatic heterocycles. The van der Waals surface area contributed by atoms with Crippen molar-refractivity contribution >= 4 is 5.78 Å². The van der Waals surface area contributed by atoms with Gasteiger partial charge >= 0.3 is 0 Å². The van der Waals surface area contributed by atoms with Crippen LogP contribution in [0.25, 0.3) is 0 Å². The first kappa shape index (κ1) is 12.8. The summed E-state index contributed by atoms with van der Waals surface area (Å²) in [6.07, 6.45) is 9.17. The molecule has 1 saturated heterocycles. The van der Waals surface area contributed by atoms with E-state index in [0.717, 1.165) is 24.8 Å². The number of ether oxygens (including phenoxy) is 1. The lowest BCUT2D eigenvalue weighted by molar-refractivity contribution is -0.119. The first-order valence-electron chi connectivity index (χ1n) is 6.81. The number of Topliss-reactive ketones (excluding diaryl/α,β-unsaturated/α-hetero) is 1. The number of hydrogen-bond donors (Lipinski definition) is 1. The van der Waals surface area contributed by atoms with Gasteiger partial charge < -0.3 is 10.1 Å². The molecule has 3 heteroatoms. The fraction of sp³-hybridized carbons (Fsp3) is 0.786. The number of hydrogen-bond acceptors (Lipinski definition) is 3. The predicted octanol–water partition coefficient (Wildman–Crippen LogP) is 2.07. The van der Waals surface area contributed by atoms with E-state index < -0.39 is 0 Å². The second-order valence-corrected chi connectivity index (χ2v) is 5.09. The van der Waals surface area contributed by atoms with E-state index in [-0.39, 0.29) is 12.0 Å². The van der Waals surface area contributed by atoms with Gasteiger partial charge in [0, 0.05) is 6.04 Å². The van der Waals surface area contributed by atoms with Crippen molar-refractivity contribution < 1.29 is 9.53 Å². The van der Waals surface area contributed by atoms with E-state index in [0.29, 0.717) is 19.0 Å². The molecule has 0 aromatic carbocycles. The molecule has 2 unspecified atom stereocenters. The molecule has 2 atom stereocenters. The minimum absolute atomic E-state index is 0.0330. The highest BCUT2D eigenvalue weighted by Gasteiger charge is 2.34. The quantitative estimate of drug-likeness (QED) is 0.816. The average Bonchev–Trinajstić information content (AvgIpc) is 2.75. The lowest BCUT2D eigenvalue weighted by Gasteiger charge is -2.18. The lowest BCUT2D eigenvalue weighted by Crippen LogP contribution is -2.37. The summed E-state index contributed by atoms with van der Waals surface area (Å²) in [7, 11) is 1.91. The van der Waals surface area contributed by atoms with E-state index in [2.05, 4.69) is 11.4 Å². The van der Waals surface area contributed by atoms with Gasteiger partial charge in [-0.25, -0.2) is 0 Å². The van der Waals surface area contributed by atoms with Gasteiger partial charge in [-0.2, -0.15) is 0 Å². The van der Waals surface area contributed by atoms with Crippen molar-refractivity contribution in [1.29, 1.82) is 0 Å². The lowest BCUT2D eigenvalue weighted by atomic mass is 9.88. The zero-order valence-corrected chi connectivity index (χ0v) is 10.7. The molecule has 1 N–H and O–H groups in total. The van der Waals surface area contributed by atoms with E-state index in [1.807, 2.05) is 7.05 Å². The van der Waals surface area contributed by atoms with Crippen LogP contribution in [0.4, 0.5) is 0 Å². The molecule has 1 heterocycles. The van der Waals surface area contributed by atoms with Crippen molar-refractivity contribution in [1.82, 2.24) is 5.32 Å². The molecule has 17 heavy (non-hydrogen) atoms. The highest BCUT2D eigenvalue weighted by molar-refractivity contribution is 5.97. The van der Waals surface area contributed by atoms with Crippen molar-refractivity contribution in [3.63, 3.8) is 0 Å². The second kappa shape index (κ2) is 6.31. The van der Waals surface area contributed by atoms with Gasteiger partial charge in [-0.05, 0) is 38.3 Å². The molecule has 2 aliphatic rings. The summed E-state index contributed by atoms with van der Waals surface area (Å²) in [5.74, 6) is 0.356. The zero-order valence-electron chi connectivity index (χ0n) is 10.7. The Labute approximate surface area is 104 Å². The molecule has 3 nitrogen and oxygen atoms in total. The Hall–Kier alpha value is -0.670. The van der Waals surface area contributed by atoms with Gasteiger partial charge in [-0.3, -0.25) is 4.79 Å². The fourth-order valence-electron chi connectivity index (χ4n) is 2.75. The number of allylic oxidation sites excluding steroid dienone is 2. The normalized spacial score (nSPS) is 30.5. The molecule has 0 amide bonds. The standard InChI is InChI=1S/C14H23NO2/c1-15-13-10-17-9-12(13)14(16)11-7-5-3-2-4-6-8-11/h7,12-13,15H,2-6,8-10H2,1H3. The molecule has 0 radical (unpaired) electrons. The van der Waals surface area contributed by atoms with Crippen molar-refractivity contribution in [2.24, 2.45) is 5.92 Å². The Kier molecular flexibility index (Phi) is 4.75. The predicted molar refractivity (Wildman–Crippen MR) is 67.9 cm³/mol. The molecular formula is C14H23NO2. The van der Waals surface area contributed by atoms with Crippen LogP contribution in [-0.2, 0) is 9.53 Å². The number of likely N-dealkylation sites (N-methyl/N-ethyl adjacent to an activating group) is 1. The van der Waals surface area contributed by atoms with Crippen LogP contribution in [0.1, 0.15) is 38.5 Å². The third-order valence-corrected chi connectivity index (χ3v) is 3.90. The molecule has 1 fully saturated rings. The highest BCUT2D eigenvalue weighted by Crippen LogP contribution is 2.24. The van der Waals surface area contributed by atoms with Gasteiger partial charge in [0.25, 0.3) is 0 Å². The van der Waals surface area contributed by atoms with E-state index >= 15 is 0 Å². The van der Waals surface area contributed by atoms with Crippen LogP contribution in [0.15, 0.2) is 11.6 Å². The van der Waals surface area contributed by atoms with Crippen LogP contribution >= 0.6 is 0 Å². The summed E-state index contributed by atoms with van der Waals surface area (Å²) >= 11 is 0. The van der Waals surface area contributed by atoms with Gasteiger partial charge in [-0.15, -0.1) is 0 Å². The smallest absolute Gasteiger partial charge is 0.165 e. The first-order valence-corrected chi connectivity index (χ1v) is 6.81. The maximum absolute atomic E-state index is 12.4. The summed E-state index contributed by atoms with van der Waals surface area (Å²) in [6, 6.07) is 0.203. The molecule has 0 bridgehead atoms. The molecule has 0 saturated carbocycles. The number of carbonyl (C=O) groups is 1. The molecule has 96 valence electrons. The maximum atomic E-state index is 12.4. The Morgan fingerprint density at radius 1 is 1.29 bits per heavy atom. The number of nitrogens with one attached hydrogen (secondary N) is 1. The third-order valence-electron chi connectivity index (χ3n) is 3.90. The minimum atomic E-state index is 0.0330. The Balaban J connectivity index is 2.02. The second-order valence-electron chi connectivity index (χ2n) is 5.09. The SMILES string of the molecule is CNC1COCC1C(=O)C1=CCCCCCC1. The molecule has 1 aliphatic carbocycles. The van der Waals surface area contributed by atoms with Crippen molar-refractivity contribution in [2.45, 2.75) is 44.6 Å². The Morgan fingerprint density at radius 2 is 2.12 bits per heavy atom. The Morgan fingerprint density at radius 3 is 2.94 bits per heavy atom. The van der Waals surface area contributed by atoms with E-state index in [4.69, 9.17) is 4.74 Å². The van der Waals surface area contributed by atoms with Crippen molar-refractivity contribution in [3.05, 3.63) is 11.6 Å². The van der Waals surface area contributed by atoms with Gasteiger partial charge in [-0.1, -0.05) is 18.9 Å². The highest BCUT2D eigenvalue weighted by atomic mass is 16.5. The summed E-state index contributed by atoms with van der Waals surface area (Å²) < 4.78 is 5.42. The molecular weight excluding hydrogens is 214 g/mol. The summed E-state index contributed by atoms with van der Waals surface area (Å²) in [5.41, 5.74) is 1.06. The van der Waals surface area contributed by atoms with Crippen molar-refractivity contribution in [2.75, 3.05) is 20.3 Å². The topological polar surface area (TPSA) is 38.3 Å². The van der Waals surface area contributed by atoms with E-state index in [1.54, 1.807) is 0 Å². The van der Waals surface area contributed by atoms with Crippen LogP contribution in [0, 0.1) is 5.92 Å². The van der Waals surface area contributed by atoms with Crippen LogP contribution in [0.2, 0.25) is 0 Å². The number of rotatable bonds is 3. The monoisotopic (exact) mass is 237 g/mol. The largest absolute Gasteiger partial charge is 0.379 e. The van der Waals surface area contributed by atoms with Gasteiger partial charge in [0.05, 0.1) is 19.1 Å². The van der Waals surface area contributed by atoms with E-state index in [1.165, 1.54) is 19.3 Å². The maximum Gasteiger partial charge on any atom is 0.165 e. The summed E-state index contributed by atoms with van der Waals surface area (Å²) in [6.45, 7) is 1.25. The van der Waals surface area contributed by atoms with Crippen molar-refractivity contribution in [3.8, 4) is 0 Å². The zero-order chi connectivity index (χ0) is 12.1. The van der Waals surface area contributed by atoms with Gasteiger partial charge in [0.2, 0.25) is 0 Å². The van der Waals surface area contributed by atoms with Crippen LogP contribution in [0.3, 0.4) is 0 Å². The summed E-state index contributed by atoms with van der Waals surface area (Å²) in [5, 5.41) is 3.19. The van der Waals surface area contributed by atoms with Crippen LogP contribution in [-0.4, -0.2) is 32.1 Å². The first-order chi connectivity index (χ1) is 8.33. The van der Waals surface area contributed by atoms with Gasteiger partial charge in [0.1, 0.15) is 0 Å². The van der Waals surface area contributed by atoms with Gasteiger partial charge in [0.15, 0.2) is 5.78 Å². The van der Waals surface area contributed by atoms with Crippen LogP contribution < -0.4 is 5.32 Å². The fourth-order valence-corrected chi connectivity index (χ4v) is 2.75. The van der Waals surface area contributed by atoms with E-state index in [9.17, 15) is 4.79 Å². The molecule has 0 aromatic rings. The summed E-state index contributed by atoms with van der Waals surface area (Å²) in [4.78, 5) is 12.4. The average molecular weight is 237 g/mol. The molecule has 2 rings (SSSR count). The molecule has 0 spiro atoms. The Bertz CT molecular complexity index is 299. The molecule has 0 aromatic heterocycles. The number of carbonyl (C=O) groups excluding carboxylic acids is 1.